The molecule has 0 fully saturated rings. The summed E-state index contributed by atoms with van der Waals surface area (Å²) in [6.07, 6.45) is 2.74. The zero-order valence-electron chi connectivity index (χ0n) is 19.4. The SMILES string of the molecule is CC(C)(C)C(=O)n1nc(-c2cccc(=O)n2CC(=O)c2ccncn2)cc1NCc1ccc(Cl)s1. The van der Waals surface area contributed by atoms with E-state index in [9.17, 15) is 14.4 Å². The summed E-state index contributed by atoms with van der Waals surface area (Å²) in [4.78, 5) is 47.4. The molecular weight excluding hydrogens is 488 g/mol. The minimum absolute atomic E-state index is 0.201. The van der Waals surface area contributed by atoms with Crippen LogP contribution >= 0.6 is 22.9 Å². The van der Waals surface area contributed by atoms with Crippen molar-refractivity contribution in [3.05, 3.63) is 80.2 Å². The normalized spacial score (nSPS) is 11.4. The van der Waals surface area contributed by atoms with Crippen molar-refractivity contribution in [2.75, 3.05) is 5.32 Å². The Morgan fingerprint density at radius 3 is 2.60 bits per heavy atom. The van der Waals surface area contributed by atoms with Gasteiger partial charge in [0.25, 0.3) is 11.5 Å². The van der Waals surface area contributed by atoms with Gasteiger partial charge in [0.05, 0.1) is 23.1 Å². The molecule has 9 nitrogen and oxygen atoms in total. The van der Waals surface area contributed by atoms with Crippen LogP contribution in [-0.2, 0) is 13.1 Å². The van der Waals surface area contributed by atoms with Gasteiger partial charge in [0.15, 0.2) is 0 Å². The van der Waals surface area contributed by atoms with E-state index in [0.717, 1.165) is 4.88 Å². The van der Waals surface area contributed by atoms with Gasteiger partial charge in [0, 0.05) is 28.6 Å². The van der Waals surface area contributed by atoms with Crippen LogP contribution in [0, 0.1) is 5.41 Å². The first kappa shape index (κ1) is 24.5. The number of carbonyl (C=O) groups is 2. The first-order valence-corrected chi connectivity index (χ1v) is 12.0. The van der Waals surface area contributed by atoms with E-state index in [1.165, 1.54) is 45.2 Å². The average molecular weight is 511 g/mol. The second kappa shape index (κ2) is 9.93. The van der Waals surface area contributed by atoms with Gasteiger partial charge < -0.3 is 5.32 Å². The predicted molar refractivity (Wildman–Crippen MR) is 135 cm³/mol. The molecular formula is C24H23ClN6O3S. The molecule has 0 atom stereocenters. The van der Waals surface area contributed by atoms with Crippen LogP contribution in [0.1, 0.15) is 40.9 Å². The molecule has 11 heteroatoms. The number of thiophene rings is 1. The number of Topliss-reactive ketones (excluding diaryl/α,β-unsaturated/α-hetero) is 1. The molecule has 4 heterocycles. The van der Waals surface area contributed by atoms with Crippen LogP contribution in [0.2, 0.25) is 4.34 Å². The van der Waals surface area contributed by atoms with Crippen LogP contribution in [0.4, 0.5) is 5.82 Å². The van der Waals surface area contributed by atoms with Gasteiger partial charge in [0.1, 0.15) is 23.5 Å². The highest BCUT2D eigenvalue weighted by atomic mass is 35.5. The number of aromatic nitrogens is 5. The smallest absolute Gasteiger partial charge is 0.254 e. The summed E-state index contributed by atoms with van der Waals surface area (Å²) in [5.41, 5.74) is -0.0906. The molecule has 1 N–H and O–H groups in total. The van der Waals surface area contributed by atoms with Crippen LogP contribution in [0.25, 0.3) is 11.4 Å². The van der Waals surface area contributed by atoms with E-state index in [-0.39, 0.29) is 29.5 Å². The Morgan fingerprint density at radius 1 is 1.14 bits per heavy atom. The van der Waals surface area contributed by atoms with Gasteiger partial charge in [0.2, 0.25) is 5.78 Å². The maximum atomic E-state index is 13.2. The lowest BCUT2D eigenvalue weighted by atomic mass is 9.96. The van der Waals surface area contributed by atoms with E-state index in [1.54, 1.807) is 39.0 Å². The molecule has 35 heavy (non-hydrogen) atoms. The fraction of sp³-hybridized carbons (Fsp3) is 0.250. The van der Waals surface area contributed by atoms with Crippen LogP contribution in [-0.4, -0.2) is 36.0 Å². The Hall–Kier alpha value is -3.63. The Kier molecular flexibility index (Phi) is 6.95. The van der Waals surface area contributed by atoms with E-state index in [2.05, 4.69) is 20.4 Å². The molecule has 0 aromatic carbocycles. The predicted octanol–water partition coefficient (Wildman–Crippen LogP) is 4.40. The van der Waals surface area contributed by atoms with Gasteiger partial charge in [-0.2, -0.15) is 9.78 Å². The van der Waals surface area contributed by atoms with Gasteiger partial charge in [-0.25, -0.2) is 9.97 Å². The minimum Gasteiger partial charge on any atom is -0.365 e. The highest BCUT2D eigenvalue weighted by Crippen LogP contribution is 2.27. The minimum atomic E-state index is -0.703. The number of rotatable bonds is 7. The van der Waals surface area contributed by atoms with Gasteiger partial charge in [-0.05, 0) is 24.3 Å². The average Bonchev–Trinajstić information content (AvgIpc) is 3.44. The fourth-order valence-electron chi connectivity index (χ4n) is 3.32. The highest BCUT2D eigenvalue weighted by Gasteiger charge is 2.27. The second-order valence-corrected chi connectivity index (χ2v) is 10.6. The molecule has 4 aromatic heterocycles. The number of nitrogens with one attached hydrogen (secondary N) is 1. The number of nitrogens with zero attached hydrogens (tertiary/aromatic N) is 5. The molecule has 0 aliphatic rings. The number of pyridine rings is 1. The third-order valence-corrected chi connectivity index (χ3v) is 6.33. The van der Waals surface area contributed by atoms with Crippen LogP contribution in [0.3, 0.4) is 0 Å². The molecule has 0 amide bonds. The quantitative estimate of drug-likeness (QED) is 0.367. The van der Waals surface area contributed by atoms with Gasteiger partial charge in [-0.1, -0.05) is 38.4 Å². The van der Waals surface area contributed by atoms with E-state index >= 15 is 0 Å². The van der Waals surface area contributed by atoms with E-state index in [0.29, 0.717) is 28.1 Å². The molecule has 0 bridgehead atoms. The van der Waals surface area contributed by atoms with Crippen molar-refractivity contribution >= 4 is 40.4 Å². The largest absolute Gasteiger partial charge is 0.365 e. The highest BCUT2D eigenvalue weighted by molar-refractivity contribution is 7.16. The Balaban J connectivity index is 1.73. The summed E-state index contributed by atoms with van der Waals surface area (Å²) in [5.74, 6) is -0.105. The molecule has 0 saturated carbocycles. The van der Waals surface area contributed by atoms with Crippen molar-refractivity contribution in [3.63, 3.8) is 0 Å². The summed E-state index contributed by atoms with van der Waals surface area (Å²) < 4.78 is 3.29. The topological polar surface area (TPSA) is 112 Å². The molecule has 0 aliphatic heterocycles. The number of ketones is 1. The monoisotopic (exact) mass is 510 g/mol. The van der Waals surface area contributed by atoms with Gasteiger partial charge in [-0.15, -0.1) is 11.3 Å². The number of carbonyl (C=O) groups excluding carboxylic acids is 2. The summed E-state index contributed by atoms with van der Waals surface area (Å²) >= 11 is 7.47. The van der Waals surface area contributed by atoms with Gasteiger partial charge in [-0.3, -0.25) is 19.0 Å². The number of hydrogen-bond donors (Lipinski definition) is 1. The summed E-state index contributed by atoms with van der Waals surface area (Å²) in [7, 11) is 0. The zero-order valence-corrected chi connectivity index (χ0v) is 20.9. The fourth-order valence-corrected chi connectivity index (χ4v) is 4.34. The molecule has 4 aromatic rings. The van der Waals surface area contributed by atoms with E-state index in [1.807, 2.05) is 12.1 Å². The number of anilines is 1. The van der Waals surface area contributed by atoms with Crippen molar-refractivity contribution < 1.29 is 9.59 Å². The van der Waals surface area contributed by atoms with Crippen molar-refractivity contribution in [1.29, 1.82) is 0 Å². The van der Waals surface area contributed by atoms with Gasteiger partial charge >= 0.3 is 0 Å². The maximum absolute atomic E-state index is 13.2. The van der Waals surface area contributed by atoms with Crippen LogP contribution in [0.5, 0.6) is 0 Å². The molecule has 4 rings (SSSR count). The molecule has 0 saturated heterocycles. The summed E-state index contributed by atoms with van der Waals surface area (Å²) in [6, 6.07) is 11.5. The van der Waals surface area contributed by atoms with Crippen molar-refractivity contribution in [2.45, 2.75) is 33.9 Å². The zero-order chi connectivity index (χ0) is 25.2. The standard InChI is InChI=1S/C24H23ClN6O3S/c1-24(2,3)23(34)31-21(27-12-15-7-8-20(25)35-15)11-17(29-31)18-5-4-6-22(33)30(18)13-19(32)16-9-10-26-14-28-16/h4-11,14,27H,12-13H2,1-3H3. The number of halogens is 1. The van der Waals surface area contributed by atoms with E-state index < -0.39 is 5.41 Å². The summed E-state index contributed by atoms with van der Waals surface area (Å²) in [6.45, 7) is 5.62. The third-order valence-electron chi connectivity index (χ3n) is 5.10. The van der Waals surface area contributed by atoms with Crippen molar-refractivity contribution in [1.82, 2.24) is 24.3 Å². The van der Waals surface area contributed by atoms with Crippen molar-refractivity contribution in [3.8, 4) is 11.4 Å². The first-order chi connectivity index (χ1) is 16.6. The molecule has 0 aliphatic carbocycles. The molecule has 0 spiro atoms. The van der Waals surface area contributed by atoms with Crippen LogP contribution in [0.15, 0.2) is 59.8 Å². The van der Waals surface area contributed by atoms with Crippen molar-refractivity contribution in [2.24, 2.45) is 5.41 Å². The lowest BCUT2D eigenvalue weighted by Crippen LogP contribution is -2.29. The molecule has 180 valence electrons. The maximum Gasteiger partial charge on any atom is 0.254 e. The van der Waals surface area contributed by atoms with Crippen LogP contribution < -0.4 is 10.9 Å². The molecule has 0 radical (unpaired) electrons. The first-order valence-electron chi connectivity index (χ1n) is 10.8. The second-order valence-electron chi connectivity index (χ2n) is 8.79. The number of hydrogen-bond acceptors (Lipinski definition) is 8. The lowest BCUT2D eigenvalue weighted by molar-refractivity contribution is 0.0752. The van der Waals surface area contributed by atoms with E-state index in [4.69, 9.17) is 11.6 Å². The molecule has 0 unspecified atom stereocenters. The summed E-state index contributed by atoms with van der Waals surface area (Å²) in [5, 5.41) is 7.78. The Bertz CT molecular complexity index is 1440. The lowest BCUT2D eigenvalue weighted by Gasteiger charge is -2.18. The Labute approximate surface area is 210 Å². The third kappa shape index (κ3) is 5.55. The Morgan fingerprint density at radius 2 is 1.94 bits per heavy atom.